The molecular formula is C43H64F2O7. The molecule has 0 aromatic carbocycles. The zero-order chi connectivity index (χ0) is 38.6. The van der Waals surface area contributed by atoms with Crippen molar-refractivity contribution in [2.45, 2.75) is 157 Å². The number of fused-ring (bicyclic) bond motifs is 7. The number of Topliss-reactive ketones (excluding diaryl/α,β-unsaturated/α-hetero) is 1. The molecule has 292 valence electrons. The number of ether oxygens (including phenoxy) is 1. The highest BCUT2D eigenvalue weighted by Crippen LogP contribution is 2.78. The van der Waals surface area contributed by atoms with Gasteiger partial charge in [-0.1, -0.05) is 46.8 Å². The van der Waals surface area contributed by atoms with Gasteiger partial charge in [0.25, 0.3) is 5.92 Å². The van der Waals surface area contributed by atoms with Crippen molar-refractivity contribution in [1.29, 1.82) is 0 Å². The number of hydrogen-bond donors (Lipinski definition) is 2. The molecule has 6 aliphatic rings. The fraction of sp³-hybridized carbons (Fsp3) is 0.860. The SMILES string of the molecule is C=C(C)[C@@H]1CC[C@]2(C(=O)CC3CC(C(=O)O)CC3(F)F)CC[C@]3(C)C(CC[C@@H]4[C@@]5(C)CC[C@H](OC(=O)C(C)(C)CC(=O)O)C(C)(C)[C@@H]5CC[C@]43C)C12. The van der Waals surface area contributed by atoms with Crippen LogP contribution in [0.2, 0.25) is 0 Å². The smallest absolute Gasteiger partial charge is 0.312 e. The number of alkyl halides is 2. The molecule has 0 heterocycles. The lowest BCUT2D eigenvalue weighted by Gasteiger charge is -2.73. The number of rotatable bonds is 9. The van der Waals surface area contributed by atoms with Crippen LogP contribution in [0.5, 0.6) is 0 Å². The first-order valence-electron chi connectivity index (χ1n) is 20.1. The molecule has 4 unspecified atom stereocenters. The van der Waals surface area contributed by atoms with Crippen molar-refractivity contribution >= 4 is 23.7 Å². The normalized spacial score (nSPS) is 44.7. The van der Waals surface area contributed by atoms with Crippen molar-refractivity contribution in [3.63, 3.8) is 0 Å². The van der Waals surface area contributed by atoms with E-state index in [9.17, 15) is 29.4 Å². The van der Waals surface area contributed by atoms with Crippen molar-refractivity contribution in [3.05, 3.63) is 12.2 Å². The molecule has 6 fully saturated rings. The van der Waals surface area contributed by atoms with Gasteiger partial charge in [-0.3, -0.25) is 19.2 Å². The van der Waals surface area contributed by atoms with E-state index in [0.29, 0.717) is 24.7 Å². The van der Waals surface area contributed by atoms with E-state index in [0.717, 1.165) is 56.9 Å². The second kappa shape index (κ2) is 12.6. The number of hydrogen-bond acceptors (Lipinski definition) is 5. The lowest BCUT2D eigenvalue weighted by molar-refractivity contribution is -0.250. The van der Waals surface area contributed by atoms with E-state index in [4.69, 9.17) is 4.74 Å². The van der Waals surface area contributed by atoms with Gasteiger partial charge in [0.15, 0.2) is 0 Å². The fourth-order valence-corrected chi connectivity index (χ4v) is 14.5. The van der Waals surface area contributed by atoms with Crippen LogP contribution in [0.25, 0.3) is 0 Å². The molecule has 0 saturated heterocycles. The molecular weight excluding hydrogens is 666 g/mol. The third-order valence-electron chi connectivity index (χ3n) is 17.4. The predicted octanol–water partition coefficient (Wildman–Crippen LogP) is 9.76. The largest absolute Gasteiger partial charge is 0.481 e. The molecule has 6 aliphatic carbocycles. The Morgan fingerprint density at radius 2 is 1.52 bits per heavy atom. The van der Waals surface area contributed by atoms with E-state index in [1.807, 2.05) is 0 Å². The third-order valence-corrected chi connectivity index (χ3v) is 17.4. The molecule has 9 heteroatoms. The number of carbonyl (C=O) groups excluding carboxylic acids is 2. The summed E-state index contributed by atoms with van der Waals surface area (Å²) in [6, 6.07) is 0. The molecule has 0 bridgehead atoms. The molecule has 12 atom stereocenters. The summed E-state index contributed by atoms with van der Waals surface area (Å²) in [7, 11) is 0. The second-order valence-corrected chi connectivity index (χ2v) is 20.6. The Morgan fingerprint density at radius 3 is 2.12 bits per heavy atom. The molecule has 0 aromatic heterocycles. The second-order valence-electron chi connectivity index (χ2n) is 20.6. The molecule has 6 rings (SSSR count). The van der Waals surface area contributed by atoms with Gasteiger partial charge in [-0.15, -0.1) is 0 Å². The molecule has 0 aliphatic heterocycles. The minimum absolute atomic E-state index is 0.00511. The van der Waals surface area contributed by atoms with Crippen LogP contribution in [0.1, 0.15) is 145 Å². The minimum Gasteiger partial charge on any atom is -0.481 e. The van der Waals surface area contributed by atoms with Crippen molar-refractivity contribution in [1.82, 2.24) is 0 Å². The molecule has 0 radical (unpaired) electrons. The van der Waals surface area contributed by atoms with Crippen LogP contribution in [0.15, 0.2) is 12.2 Å². The van der Waals surface area contributed by atoms with Crippen LogP contribution in [0.4, 0.5) is 8.78 Å². The number of ketones is 1. The maximum Gasteiger partial charge on any atom is 0.312 e. The van der Waals surface area contributed by atoms with Crippen LogP contribution < -0.4 is 0 Å². The molecule has 52 heavy (non-hydrogen) atoms. The van der Waals surface area contributed by atoms with Crippen molar-refractivity contribution in [3.8, 4) is 0 Å². The van der Waals surface area contributed by atoms with E-state index in [2.05, 4.69) is 48.1 Å². The van der Waals surface area contributed by atoms with E-state index in [-0.39, 0.29) is 70.6 Å². The Labute approximate surface area is 309 Å². The maximum atomic E-state index is 15.2. The van der Waals surface area contributed by atoms with Gasteiger partial charge in [-0.05, 0) is 137 Å². The summed E-state index contributed by atoms with van der Waals surface area (Å²) in [5.74, 6) is -7.02. The maximum absolute atomic E-state index is 15.2. The Morgan fingerprint density at radius 1 is 0.846 bits per heavy atom. The Bertz CT molecular complexity index is 1520. The van der Waals surface area contributed by atoms with Gasteiger partial charge in [0, 0.05) is 29.6 Å². The summed E-state index contributed by atoms with van der Waals surface area (Å²) in [6.45, 7) is 21.7. The van der Waals surface area contributed by atoms with Crippen LogP contribution in [0, 0.1) is 73.9 Å². The van der Waals surface area contributed by atoms with Gasteiger partial charge in [0.2, 0.25) is 0 Å². The molecule has 0 amide bonds. The quantitative estimate of drug-likeness (QED) is 0.179. The van der Waals surface area contributed by atoms with Crippen molar-refractivity contribution < 1.29 is 42.9 Å². The van der Waals surface area contributed by atoms with E-state index < -0.39 is 52.9 Å². The van der Waals surface area contributed by atoms with E-state index in [1.54, 1.807) is 13.8 Å². The summed E-state index contributed by atoms with van der Waals surface area (Å²) < 4.78 is 36.6. The topological polar surface area (TPSA) is 118 Å². The lowest BCUT2D eigenvalue weighted by Crippen LogP contribution is -2.67. The Balaban J connectivity index is 1.27. The van der Waals surface area contributed by atoms with E-state index in [1.165, 1.54) is 0 Å². The Kier molecular flexibility index (Phi) is 9.55. The number of esters is 1. The van der Waals surface area contributed by atoms with Crippen LogP contribution >= 0.6 is 0 Å². The highest BCUT2D eigenvalue weighted by atomic mass is 19.3. The highest BCUT2D eigenvalue weighted by molar-refractivity contribution is 5.86. The molecule has 2 N–H and O–H groups in total. The first-order chi connectivity index (χ1) is 23.9. The van der Waals surface area contributed by atoms with E-state index >= 15 is 8.78 Å². The number of carbonyl (C=O) groups is 4. The monoisotopic (exact) mass is 730 g/mol. The van der Waals surface area contributed by atoms with Gasteiger partial charge in [0.05, 0.1) is 17.8 Å². The number of carboxylic acid groups (broad SMARTS) is 2. The molecule has 0 spiro atoms. The van der Waals surface area contributed by atoms with Gasteiger partial charge in [-0.2, -0.15) is 0 Å². The molecule has 0 aromatic rings. The summed E-state index contributed by atoms with van der Waals surface area (Å²) in [5.41, 5.74) is -1.07. The average Bonchev–Trinajstić information content (AvgIpc) is 3.56. The van der Waals surface area contributed by atoms with Crippen LogP contribution in [-0.4, -0.2) is 45.9 Å². The number of halogens is 2. The molecule has 6 saturated carbocycles. The van der Waals surface area contributed by atoms with Crippen LogP contribution in [0.3, 0.4) is 0 Å². The Hall–Kier alpha value is -2.32. The van der Waals surface area contributed by atoms with Gasteiger partial charge in [-0.25, -0.2) is 8.78 Å². The van der Waals surface area contributed by atoms with Gasteiger partial charge < -0.3 is 14.9 Å². The predicted molar refractivity (Wildman–Crippen MR) is 193 cm³/mol. The lowest BCUT2D eigenvalue weighted by atomic mass is 9.32. The van der Waals surface area contributed by atoms with Crippen molar-refractivity contribution in [2.75, 3.05) is 0 Å². The first kappa shape index (κ1) is 39.4. The first-order valence-corrected chi connectivity index (χ1v) is 20.1. The minimum atomic E-state index is -3.15. The van der Waals surface area contributed by atoms with Gasteiger partial charge >= 0.3 is 17.9 Å². The third kappa shape index (κ3) is 5.73. The molecule has 7 nitrogen and oxygen atoms in total. The number of allylic oxidation sites excluding steroid dienone is 1. The summed E-state index contributed by atoms with van der Waals surface area (Å²) >= 11 is 0. The summed E-state index contributed by atoms with van der Waals surface area (Å²) in [6.07, 6.45) is 7.12. The standard InChI is InChI=1S/C43H64F2O7/c1-24(2)27-12-17-42(31(46)21-26-20-25(35(49)50)22-43(26,44)45)19-18-40(8)28(34(27)42)10-11-30-39(7)15-14-32(52-36(51)37(3,4)23-33(47)48)38(5,6)29(39)13-16-41(30,40)9/h25-30,32,34H,1,10-23H2,2-9H3,(H,47,48)(H,49,50)/t25?,26?,27-,28?,29-,30+,32-,34?,39-,40+,41+,42+/m0/s1. The van der Waals surface area contributed by atoms with Crippen LogP contribution in [-0.2, 0) is 23.9 Å². The number of aliphatic carboxylic acids is 2. The van der Waals surface area contributed by atoms with Gasteiger partial charge in [0.1, 0.15) is 11.9 Å². The summed E-state index contributed by atoms with van der Waals surface area (Å²) in [5, 5.41) is 18.9. The van der Waals surface area contributed by atoms with Crippen molar-refractivity contribution in [2.24, 2.45) is 73.9 Å². The average molecular weight is 731 g/mol. The zero-order valence-electron chi connectivity index (χ0n) is 32.9. The summed E-state index contributed by atoms with van der Waals surface area (Å²) in [4.78, 5) is 51.0. The number of carboxylic acids is 2. The zero-order valence-corrected chi connectivity index (χ0v) is 32.9. The highest BCUT2D eigenvalue weighted by Gasteiger charge is 2.72. The fourth-order valence-electron chi connectivity index (χ4n) is 14.5.